The normalized spacial score (nSPS) is 17.7. The van der Waals surface area contributed by atoms with Gasteiger partial charge in [0.05, 0.1) is 5.75 Å². The van der Waals surface area contributed by atoms with Gasteiger partial charge in [-0.1, -0.05) is 12.1 Å². The molecule has 2 rings (SSSR count). The van der Waals surface area contributed by atoms with E-state index < -0.39 is 0 Å². The SMILES string of the molecule is CCN(CCN1C(=O)CSC1c1ccc(F)cc1)C(=O)NC(C)(C)C. The third-order valence-electron chi connectivity index (χ3n) is 3.88. The Kier molecular flexibility index (Phi) is 6.32. The highest BCUT2D eigenvalue weighted by Crippen LogP contribution is 2.38. The molecule has 5 nitrogen and oxygen atoms in total. The molecule has 0 saturated carbocycles. The maximum Gasteiger partial charge on any atom is 0.317 e. The molecule has 25 heavy (non-hydrogen) atoms. The number of hydrogen-bond acceptors (Lipinski definition) is 3. The summed E-state index contributed by atoms with van der Waals surface area (Å²) in [5.41, 5.74) is 0.597. The molecule has 1 aliphatic rings. The van der Waals surface area contributed by atoms with Crippen molar-refractivity contribution in [3.8, 4) is 0 Å². The Balaban J connectivity index is 2.02. The maximum absolute atomic E-state index is 13.1. The van der Waals surface area contributed by atoms with Crippen molar-refractivity contribution in [3.05, 3.63) is 35.6 Å². The molecule has 0 aliphatic carbocycles. The monoisotopic (exact) mass is 367 g/mol. The van der Waals surface area contributed by atoms with E-state index in [2.05, 4.69) is 5.32 Å². The molecule has 1 fully saturated rings. The van der Waals surface area contributed by atoms with Crippen molar-refractivity contribution in [1.82, 2.24) is 15.1 Å². The van der Waals surface area contributed by atoms with Gasteiger partial charge in [-0.05, 0) is 45.4 Å². The molecule has 0 aromatic heterocycles. The Morgan fingerprint density at radius 3 is 2.56 bits per heavy atom. The molecular weight excluding hydrogens is 341 g/mol. The van der Waals surface area contributed by atoms with Crippen molar-refractivity contribution in [1.29, 1.82) is 0 Å². The zero-order chi connectivity index (χ0) is 18.6. The molecule has 1 aromatic carbocycles. The van der Waals surface area contributed by atoms with E-state index in [-0.39, 0.29) is 28.7 Å². The van der Waals surface area contributed by atoms with Gasteiger partial charge >= 0.3 is 6.03 Å². The summed E-state index contributed by atoms with van der Waals surface area (Å²) in [6, 6.07) is 6.11. The van der Waals surface area contributed by atoms with Crippen molar-refractivity contribution in [2.24, 2.45) is 0 Å². The lowest BCUT2D eigenvalue weighted by Crippen LogP contribution is -2.50. The highest BCUT2D eigenvalue weighted by Gasteiger charge is 2.33. The lowest BCUT2D eigenvalue weighted by atomic mass is 10.1. The fraction of sp³-hybridized carbons (Fsp3) is 0.556. The summed E-state index contributed by atoms with van der Waals surface area (Å²) < 4.78 is 13.1. The van der Waals surface area contributed by atoms with Gasteiger partial charge in [-0.15, -0.1) is 11.8 Å². The topological polar surface area (TPSA) is 52.7 Å². The van der Waals surface area contributed by atoms with Gasteiger partial charge in [0, 0.05) is 25.2 Å². The van der Waals surface area contributed by atoms with Crippen LogP contribution in [-0.4, -0.2) is 52.7 Å². The molecule has 138 valence electrons. The highest BCUT2D eigenvalue weighted by atomic mass is 32.2. The average molecular weight is 367 g/mol. The van der Waals surface area contributed by atoms with Gasteiger partial charge in [0.25, 0.3) is 0 Å². The fourth-order valence-corrected chi connectivity index (χ4v) is 3.85. The van der Waals surface area contributed by atoms with Gasteiger partial charge in [0.2, 0.25) is 5.91 Å². The summed E-state index contributed by atoms with van der Waals surface area (Å²) in [5.74, 6) is 0.162. The number of thioether (sulfide) groups is 1. The van der Waals surface area contributed by atoms with E-state index >= 15 is 0 Å². The van der Waals surface area contributed by atoms with Crippen LogP contribution in [0.4, 0.5) is 9.18 Å². The molecule has 0 spiro atoms. The summed E-state index contributed by atoms with van der Waals surface area (Å²) >= 11 is 1.53. The minimum absolute atomic E-state index is 0.0478. The molecule has 0 radical (unpaired) electrons. The van der Waals surface area contributed by atoms with Crippen molar-refractivity contribution in [3.63, 3.8) is 0 Å². The van der Waals surface area contributed by atoms with E-state index in [1.54, 1.807) is 21.9 Å². The number of likely N-dealkylation sites (N-methyl/N-ethyl adjacent to an activating group) is 1. The number of nitrogens with zero attached hydrogens (tertiary/aromatic N) is 2. The largest absolute Gasteiger partial charge is 0.333 e. The van der Waals surface area contributed by atoms with Crippen LogP contribution in [0.5, 0.6) is 0 Å². The van der Waals surface area contributed by atoms with Crippen LogP contribution < -0.4 is 5.32 Å². The van der Waals surface area contributed by atoms with E-state index in [1.807, 2.05) is 27.7 Å². The summed E-state index contributed by atoms with van der Waals surface area (Å²) in [4.78, 5) is 28.0. The predicted octanol–water partition coefficient (Wildman–Crippen LogP) is 3.23. The second-order valence-corrected chi connectivity index (χ2v) is 8.13. The van der Waals surface area contributed by atoms with Crippen LogP contribution in [0.2, 0.25) is 0 Å². The van der Waals surface area contributed by atoms with Gasteiger partial charge in [-0.2, -0.15) is 0 Å². The van der Waals surface area contributed by atoms with Gasteiger partial charge in [0.1, 0.15) is 11.2 Å². The number of amides is 3. The molecule has 1 saturated heterocycles. The highest BCUT2D eigenvalue weighted by molar-refractivity contribution is 8.00. The first-order valence-electron chi connectivity index (χ1n) is 8.45. The van der Waals surface area contributed by atoms with Crippen molar-refractivity contribution in [2.75, 3.05) is 25.4 Å². The first kappa shape index (κ1) is 19.6. The zero-order valence-electron chi connectivity index (χ0n) is 15.2. The van der Waals surface area contributed by atoms with E-state index in [4.69, 9.17) is 0 Å². The summed E-state index contributed by atoms with van der Waals surface area (Å²) in [7, 11) is 0. The summed E-state index contributed by atoms with van der Waals surface area (Å²) in [6.07, 6.45) is 0. The predicted molar refractivity (Wildman–Crippen MR) is 98.8 cm³/mol. The standard InChI is InChI=1S/C18H26FN3O2S/c1-5-21(17(24)20-18(2,3)4)10-11-22-15(23)12-25-16(22)13-6-8-14(19)9-7-13/h6-9,16H,5,10-12H2,1-4H3,(H,20,24). The Hall–Kier alpha value is -1.76. The molecule has 1 aliphatic heterocycles. The summed E-state index contributed by atoms with van der Waals surface area (Å²) in [6.45, 7) is 9.21. The van der Waals surface area contributed by atoms with Crippen molar-refractivity contribution >= 4 is 23.7 Å². The quantitative estimate of drug-likeness (QED) is 0.869. The molecule has 1 N–H and O–H groups in total. The molecule has 1 heterocycles. The fourth-order valence-electron chi connectivity index (χ4n) is 2.63. The lowest BCUT2D eigenvalue weighted by Gasteiger charge is -2.30. The van der Waals surface area contributed by atoms with Gasteiger partial charge in [-0.3, -0.25) is 4.79 Å². The number of rotatable bonds is 5. The zero-order valence-corrected chi connectivity index (χ0v) is 16.0. The molecule has 1 aromatic rings. The van der Waals surface area contributed by atoms with Crippen LogP contribution in [0.3, 0.4) is 0 Å². The smallest absolute Gasteiger partial charge is 0.317 e. The van der Waals surface area contributed by atoms with Crippen molar-refractivity contribution < 1.29 is 14.0 Å². The van der Waals surface area contributed by atoms with E-state index in [1.165, 1.54) is 23.9 Å². The average Bonchev–Trinajstić information content (AvgIpc) is 2.88. The number of hydrogen-bond donors (Lipinski definition) is 1. The third-order valence-corrected chi connectivity index (χ3v) is 5.14. The minimum Gasteiger partial charge on any atom is -0.333 e. The number of benzene rings is 1. The molecule has 1 unspecified atom stereocenters. The van der Waals surface area contributed by atoms with Crippen LogP contribution in [0.25, 0.3) is 0 Å². The van der Waals surface area contributed by atoms with Crippen LogP contribution in [0.1, 0.15) is 38.6 Å². The number of nitrogens with one attached hydrogen (secondary N) is 1. The summed E-state index contributed by atoms with van der Waals surface area (Å²) in [5, 5.41) is 2.82. The maximum atomic E-state index is 13.1. The van der Waals surface area contributed by atoms with E-state index in [0.29, 0.717) is 25.4 Å². The molecule has 7 heteroatoms. The lowest BCUT2D eigenvalue weighted by molar-refractivity contribution is -0.128. The van der Waals surface area contributed by atoms with Crippen LogP contribution >= 0.6 is 11.8 Å². The van der Waals surface area contributed by atoms with Crippen molar-refractivity contribution in [2.45, 2.75) is 38.6 Å². The van der Waals surface area contributed by atoms with Crippen LogP contribution in [0.15, 0.2) is 24.3 Å². The third kappa shape index (κ3) is 5.36. The number of carbonyl (C=O) groups is 2. The molecule has 3 amide bonds. The second kappa shape index (κ2) is 8.08. The molecule has 0 bridgehead atoms. The minimum atomic E-state index is -0.305. The first-order valence-corrected chi connectivity index (χ1v) is 9.50. The van der Waals surface area contributed by atoms with Gasteiger partial charge in [0.15, 0.2) is 0 Å². The Morgan fingerprint density at radius 2 is 2.00 bits per heavy atom. The Labute approximate surface area is 152 Å². The number of urea groups is 1. The number of halogens is 1. The van der Waals surface area contributed by atoms with Crippen LogP contribution in [0, 0.1) is 5.82 Å². The van der Waals surface area contributed by atoms with Crippen LogP contribution in [-0.2, 0) is 4.79 Å². The molecule has 1 atom stereocenters. The van der Waals surface area contributed by atoms with Gasteiger partial charge in [-0.25, -0.2) is 9.18 Å². The van der Waals surface area contributed by atoms with E-state index in [9.17, 15) is 14.0 Å². The Bertz CT molecular complexity index is 616. The Morgan fingerprint density at radius 1 is 1.36 bits per heavy atom. The van der Waals surface area contributed by atoms with Gasteiger partial charge < -0.3 is 15.1 Å². The number of carbonyl (C=O) groups excluding carboxylic acids is 2. The van der Waals surface area contributed by atoms with E-state index in [0.717, 1.165) is 5.56 Å². The second-order valence-electron chi connectivity index (χ2n) is 7.06. The first-order chi connectivity index (χ1) is 11.7. The molecular formula is C18H26FN3O2S.